The lowest BCUT2D eigenvalue weighted by Gasteiger charge is -2.30. The van der Waals surface area contributed by atoms with Crippen molar-refractivity contribution < 1.29 is 4.79 Å². The summed E-state index contributed by atoms with van der Waals surface area (Å²) in [6.07, 6.45) is 3.95. The fraction of sp³-hybridized carbons (Fsp3) is 0.310. The number of aromatic nitrogens is 2. The molecular weight excluding hydrogens is 456 g/mol. The first-order valence-corrected chi connectivity index (χ1v) is 12.5. The van der Waals surface area contributed by atoms with Crippen molar-refractivity contribution in [2.24, 2.45) is 0 Å². The van der Waals surface area contributed by atoms with Crippen LogP contribution >= 0.6 is 11.6 Å². The van der Waals surface area contributed by atoms with E-state index in [1.54, 1.807) is 0 Å². The van der Waals surface area contributed by atoms with E-state index in [0.717, 1.165) is 40.1 Å². The number of carbonyl (C=O) groups is 1. The van der Waals surface area contributed by atoms with Crippen LogP contribution in [0.15, 0.2) is 67.0 Å². The first-order chi connectivity index (χ1) is 16.7. The number of benzene rings is 2. The SMILES string of the molecule is Cc1cc(C(=O)NCCN(C(C)C)C(C)C)ccc1-c1ccc2cnc(-c3cccc(Cl)c3)n2c1. The molecule has 2 heterocycles. The molecule has 0 spiro atoms. The maximum atomic E-state index is 12.8. The Morgan fingerprint density at radius 1 is 1.03 bits per heavy atom. The quantitative estimate of drug-likeness (QED) is 0.309. The van der Waals surface area contributed by atoms with Gasteiger partial charge in [-0.05, 0) is 81.6 Å². The predicted molar refractivity (Wildman–Crippen MR) is 145 cm³/mol. The normalized spacial score (nSPS) is 11.7. The van der Waals surface area contributed by atoms with Crippen LogP contribution < -0.4 is 5.32 Å². The number of nitrogens with one attached hydrogen (secondary N) is 1. The van der Waals surface area contributed by atoms with Crippen LogP contribution in [0.25, 0.3) is 28.0 Å². The minimum Gasteiger partial charge on any atom is -0.351 e. The van der Waals surface area contributed by atoms with Crippen LogP contribution in [0.4, 0.5) is 0 Å². The zero-order chi connectivity index (χ0) is 25.1. The van der Waals surface area contributed by atoms with Gasteiger partial charge in [0.2, 0.25) is 0 Å². The lowest BCUT2D eigenvalue weighted by molar-refractivity contribution is 0.0939. The van der Waals surface area contributed by atoms with Crippen molar-refractivity contribution in [1.29, 1.82) is 0 Å². The number of amides is 1. The molecule has 5 nitrogen and oxygen atoms in total. The second kappa shape index (κ2) is 10.6. The molecule has 6 heteroatoms. The Balaban J connectivity index is 1.54. The molecule has 182 valence electrons. The van der Waals surface area contributed by atoms with Crippen LogP contribution in [-0.2, 0) is 0 Å². The molecule has 4 aromatic rings. The molecule has 0 atom stereocenters. The van der Waals surface area contributed by atoms with E-state index in [0.29, 0.717) is 29.2 Å². The highest BCUT2D eigenvalue weighted by Gasteiger charge is 2.15. The topological polar surface area (TPSA) is 49.6 Å². The standard InChI is InChI=1S/C29H33ClN4O/c1-19(2)33(20(3)4)14-13-31-29(35)23-10-12-27(21(5)15-23)24-9-11-26-17-32-28(34(26)18-24)22-7-6-8-25(30)16-22/h6-12,15-20H,13-14H2,1-5H3,(H,31,35). The lowest BCUT2D eigenvalue weighted by atomic mass is 9.99. The van der Waals surface area contributed by atoms with Gasteiger partial charge in [0.25, 0.3) is 5.91 Å². The number of halogens is 1. The maximum Gasteiger partial charge on any atom is 0.251 e. The zero-order valence-corrected chi connectivity index (χ0v) is 21.8. The van der Waals surface area contributed by atoms with E-state index in [2.05, 4.69) is 65.6 Å². The van der Waals surface area contributed by atoms with Crippen molar-refractivity contribution in [3.05, 3.63) is 83.1 Å². The number of aryl methyl sites for hydroxylation is 1. The largest absolute Gasteiger partial charge is 0.351 e. The Hall–Kier alpha value is -3.15. The summed E-state index contributed by atoms with van der Waals surface area (Å²) in [4.78, 5) is 19.8. The second-order valence-electron chi connectivity index (χ2n) is 9.52. The monoisotopic (exact) mass is 488 g/mol. The number of fused-ring (bicyclic) bond motifs is 1. The molecule has 1 amide bonds. The summed E-state index contributed by atoms with van der Waals surface area (Å²) in [7, 11) is 0. The molecule has 35 heavy (non-hydrogen) atoms. The molecule has 0 saturated heterocycles. The highest BCUT2D eigenvalue weighted by atomic mass is 35.5. The number of hydrogen-bond acceptors (Lipinski definition) is 3. The summed E-state index contributed by atoms with van der Waals surface area (Å²) in [5.74, 6) is 0.801. The number of nitrogens with zero attached hydrogens (tertiary/aromatic N) is 3. The summed E-state index contributed by atoms with van der Waals surface area (Å²) in [5.41, 5.74) is 5.84. The minimum atomic E-state index is -0.0413. The van der Waals surface area contributed by atoms with Crippen LogP contribution in [0.1, 0.15) is 43.6 Å². The van der Waals surface area contributed by atoms with Crippen LogP contribution in [0.3, 0.4) is 0 Å². The van der Waals surface area contributed by atoms with E-state index in [-0.39, 0.29) is 5.91 Å². The second-order valence-corrected chi connectivity index (χ2v) is 9.95. The summed E-state index contributed by atoms with van der Waals surface area (Å²) >= 11 is 6.20. The number of hydrogen-bond donors (Lipinski definition) is 1. The van der Waals surface area contributed by atoms with Gasteiger partial charge < -0.3 is 5.32 Å². The molecule has 0 bridgehead atoms. The summed E-state index contributed by atoms with van der Waals surface area (Å²) in [5, 5.41) is 3.75. The van der Waals surface area contributed by atoms with Crippen LogP contribution in [0, 0.1) is 6.92 Å². The Morgan fingerprint density at radius 2 is 1.80 bits per heavy atom. The number of carbonyl (C=O) groups excluding carboxylic acids is 1. The highest BCUT2D eigenvalue weighted by molar-refractivity contribution is 6.30. The van der Waals surface area contributed by atoms with Crippen molar-refractivity contribution in [1.82, 2.24) is 19.6 Å². The van der Waals surface area contributed by atoms with Gasteiger partial charge in [0.1, 0.15) is 5.82 Å². The molecule has 0 unspecified atom stereocenters. The molecule has 0 aliphatic carbocycles. The van der Waals surface area contributed by atoms with Crippen molar-refractivity contribution >= 4 is 23.0 Å². The smallest absolute Gasteiger partial charge is 0.251 e. The predicted octanol–water partition coefficient (Wildman–Crippen LogP) is 6.48. The van der Waals surface area contributed by atoms with Crippen molar-refractivity contribution in [3.63, 3.8) is 0 Å². The summed E-state index contributed by atoms with van der Waals surface area (Å²) < 4.78 is 2.08. The average molecular weight is 489 g/mol. The third kappa shape index (κ3) is 5.58. The van der Waals surface area contributed by atoms with E-state index in [4.69, 9.17) is 11.6 Å². The van der Waals surface area contributed by atoms with Gasteiger partial charge >= 0.3 is 0 Å². The lowest BCUT2D eigenvalue weighted by Crippen LogP contribution is -2.42. The molecule has 0 saturated carbocycles. The van der Waals surface area contributed by atoms with Gasteiger partial charge in [-0.2, -0.15) is 0 Å². The first kappa shape index (κ1) is 25.0. The Kier molecular flexibility index (Phi) is 7.58. The molecular formula is C29H33ClN4O. The van der Waals surface area contributed by atoms with Gasteiger partial charge in [0.15, 0.2) is 0 Å². The molecule has 4 rings (SSSR count). The van der Waals surface area contributed by atoms with Crippen LogP contribution in [0.5, 0.6) is 0 Å². The van der Waals surface area contributed by atoms with Crippen LogP contribution in [0.2, 0.25) is 5.02 Å². The van der Waals surface area contributed by atoms with Gasteiger partial charge in [0.05, 0.1) is 11.7 Å². The summed E-state index contributed by atoms with van der Waals surface area (Å²) in [6, 6.07) is 18.6. The molecule has 1 N–H and O–H groups in total. The van der Waals surface area contributed by atoms with E-state index in [1.165, 1.54) is 0 Å². The average Bonchev–Trinajstić information content (AvgIpc) is 3.24. The number of rotatable bonds is 8. The van der Waals surface area contributed by atoms with E-state index < -0.39 is 0 Å². The van der Waals surface area contributed by atoms with Gasteiger partial charge in [-0.25, -0.2) is 4.98 Å². The molecule has 2 aromatic heterocycles. The van der Waals surface area contributed by atoms with E-state index >= 15 is 0 Å². The minimum absolute atomic E-state index is 0.0413. The van der Waals surface area contributed by atoms with Gasteiger partial charge in [-0.15, -0.1) is 0 Å². The zero-order valence-electron chi connectivity index (χ0n) is 21.0. The maximum absolute atomic E-state index is 12.8. The van der Waals surface area contributed by atoms with Crippen molar-refractivity contribution in [2.75, 3.05) is 13.1 Å². The van der Waals surface area contributed by atoms with Gasteiger partial charge in [-0.3, -0.25) is 14.1 Å². The van der Waals surface area contributed by atoms with E-state index in [9.17, 15) is 4.79 Å². The van der Waals surface area contributed by atoms with Gasteiger partial charge in [-0.1, -0.05) is 35.9 Å². The molecule has 0 aliphatic rings. The highest BCUT2D eigenvalue weighted by Crippen LogP contribution is 2.28. The Morgan fingerprint density at radius 3 is 2.49 bits per heavy atom. The molecule has 0 fully saturated rings. The molecule has 0 aliphatic heterocycles. The van der Waals surface area contributed by atoms with Gasteiger partial charge in [0, 0.05) is 47.5 Å². The van der Waals surface area contributed by atoms with Crippen molar-refractivity contribution in [2.45, 2.75) is 46.7 Å². The Labute approximate surface area is 212 Å². The third-order valence-corrected chi connectivity index (χ3v) is 6.63. The molecule has 2 aromatic carbocycles. The van der Waals surface area contributed by atoms with Crippen LogP contribution in [-0.4, -0.2) is 45.4 Å². The fourth-order valence-electron chi connectivity index (χ4n) is 4.63. The fourth-order valence-corrected chi connectivity index (χ4v) is 4.82. The third-order valence-electron chi connectivity index (χ3n) is 6.39. The Bertz CT molecular complexity index is 1330. The molecule has 0 radical (unpaired) electrons. The first-order valence-electron chi connectivity index (χ1n) is 12.1. The number of imidazole rings is 1. The number of pyridine rings is 1. The van der Waals surface area contributed by atoms with Crippen molar-refractivity contribution in [3.8, 4) is 22.5 Å². The summed E-state index contributed by atoms with van der Waals surface area (Å²) in [6.45, 7) is 12.2. The van der Waals surface area contributed by atoms with E-state index in [1.807, 2.05) is 55.6 Å².